The Morgan fingerprint density at radius 2 is 1.65 bits per heavy atom. The first-order valence-corrected chi connectivity index (χ1v) is 13.1. The molecule has 1 saturated heterocycles. The maximum absolute atomic E-state index is 10.5. The van der Waals surface area contributed by atoms with E-state index in [1.165, 1.54) is 11.1 Å². The molecule has 0 saturated carbocycles. The molecule has 1 heterocycles. The van der Waals surface area contributed by atoms with E-state index >= 15 is 0 Å². The van der Waals surface area contributed by atoms with Gasteiger partial charge in [0.05, 0.1) is 21.7 Å². The van der Waals surface area contributed by atoms with E-state index in [4.69, 9.17) is 27.9 Å². The summed E-state index contributed by atoms with van der Waals surface area (Å²) in [6.07, 6.45) is 1.22. The highest BCUT2D eigenvalue weighted by atomic mass is 35.5. The second-order valence-electron chi connectivity index (χ2n) is 9.39. The summed E-state index contributed by atoms with van der Waals surface area (Å²) >= 11 is 12.1. The molecule has 0 spiro atoms. The fourth-order valence-electron chi connectivity index (χ4n) is 4.30. The summed E-state index contributed by atoms with van der Waals surface area (Å²) in [5, 5.41) is 20.9. The lowest BCUT2D eigenvalue weighted by Crippen LogP contribution is -2.48. The van der Waals surface area contributed by atoms with Gasteiger partial charge in [0.1, 0.15) is 18.5 Å². The van der Waals surface area contributed by atoms with Crippen LogP contribution in [-0.4, -0.2) is 60.3 Å². The highest BCUT2D eigenvalue weighted by Gasteiger charge is 2.19. The number of aliphatic hydroxyl groups excluding tert-OH is 1. The minimum Gasteiger partial charge on any atom is -0.491 e. The molecule has 0 amide bonds. The summed E-state index contributed by atoms with van der Waals surface area (Å²) in [5.41, 5.74) is 4.68. The number of rotatable bonds is 9. The topological polar surface area (TPSA) is 59.7 Å². The Balaban J connectivity index is 1.22. The zero-order valence-electron chi connectivity index (χ0n) is 20.9. The summed E-state index contributed by atoms with van der Waals surface area (Å²) < 4.78 is 5.81. The molecule has 1 unspecified atom stereocenters. The van der Waals surface area contributed by atoms with E-state index in [2.05, 4.69) is 47.1 Å². The predicted octanol–water partition coefficient (Wildman–Crippen LogP) is 5.92. The SMILES string of the molecule is Cc1ccc(CN2CCN(CC(O)COc3ccc(/C=C(\C#N)c4ccc(Cl)c(Cl)c4)cc3)CC2)cc1. The Morgan fingerprint density at radius 1 is 0.973 bits per heavy atom. The van der Waals surface area contributed by atoms with Crippen LogP contribution in [0.15, 0.2) is 66.7 Å². The van der Waals surface area contributed by atoms with E-state index in [-0.39, 0.29) is 6.61 Å². The third kappa shape index (κ3) is 8.07. The number of aliphatic hydroxyl groups is 1. The van der Waals surface area contributed by atoms with Gasteiger partial charge in [-0.15, -0.1) is 0 Å². The maximum atomic E-state index is 10.5. The van der Waals surface area contributed by atoms with Crippen LogP contribution in [0.4, 0.5) is 0 Å². The molecule has 4 rings (SSSR count). The Kier molecular flexibility index (Phi) is 9.62. The monoisotopic (exact) mass is 535 g/mol. The van der Waals surface area contributed by atoms with Gasteiger partial charge in [-0.3, -0.25) is 9.80 Å². The van der Waals surface area contributed by atoms with E-state index in [1.54, 1.807) is 24.3 Å². The third-order valence-electron chi connectivity index (χ3n) is 6.45. The Bertz CT molecular complexity index is 1250. The van der Waals surface area contributed by atoms with Crippen molar-refractivity contribution < 1.29 is 9.84 Å². The van der Waals surface area contributed by atoms with Gasteiger partial charge >= 0.3 is 0 Å². The summed E-state index contributed by atoms with van der Waals surface area (Å²) in [4.78, 5) is 4.75. The van der Waals surface area contributed by atoms with Gasteiger partial charge in [-0.25, -0.2) is 0 Å². The smallest absolute Gasteiger partial charge is 0.119 e. The molecule has 1 aliphatic heterocycles. The van der Waals surface area contributed by atoms with Crippen molar-refractivity contribution in [2.45, 2.75) is 19.6 Å². The number of aryl methyl sites for hydroxylation is 1. The normalized spacial score (nSPS) is 15.8. The van der Waals surface area contributed by atoms with Crippen LogP contribution in [0.2, 0.25) is 10.0 Å². The summed E-state index contributed by atoms with van der Waals surface area (Å²) in [6, 6.07) is 23.5. The molecule has 3 aromatic carbocycles. The van der Waals surface area contributed by atoms with Gasteiger partial charge in [-0.05, 0) is 54.0 Å². The first-order chi connectivity index (χ1) is 17.9. The van der Waals surface area contributed by atoms with Crippen LogP contribution in [0.25, 0.3) is 11.6 Å². The van der Waals surface area contributed by atoms with Crippen LogP contribution in [0.1, 0.15) is 22.3 Å². The van der Waals surface area contributed by atoms with Gasteiger partial charge in [-0.1, -0.05) is 71.2 Å². The lowest BCUT2D eigenvalue weighted by molar-refractivity contribution is 0.0446. The van der Waals surface area contributed by atoms with E-state index in [0.717, 1.165) is 38.3 Å². The lowest BCUT2D eigenvalue weighted by atomic mass is 10.0. The molecule has 0 aliphatic carbocycles. The lowest BCUT2D eigenvalue weighted by Gasteiger charge is -2.35. The number of nitrogens with zero attached hydrogens (tertiary/aromatic N) is 3. The average Bonchev–Trinajstić information content (AvgIpc) is 2.91. The molecule has 7 heteroatoms. The number of nitriles is 1. The zero-order chi connectivity index (χ0) is 26.2. The van der Waals surface area contributed by atoms with E-state index < -0.39 is 6.10 Å². The van der Waals surface area contributed by atoms with E-state index in [0.29, 0.717) is 33.5 Å². The van der Waals surface area contributed by atoms with Crippen molar-refractivity contribution >= 4 is 34.9 Å². The molecule has 1 aliphatic rings. The van der Waals surface area contributed by atoms with Crippen LogP contribution in [-0.2, 0) is 6.54 Å². The molecule has 5 nitrogen and oxygen atoms in total. The van der Waals surface area contributed by atoms with Gasteiger partial charge < -0.3 is 9.84 Å². The highest BCUT2D eigenvalue weighted by Crippen LogP contribution is 2.27. The molecule has 1 atom stereocenters. The molecule has 0 bridgehead atoms. The Morgan fingerprint density at radius 3 is 2.30 bits per heavy atom. The molecular weight excluding hydrogens is 505 g/mol. The molecular formula is C30H31Cl2N3O2. The van der Waals surface area contributed by atoms with Crippen LogP contribution >= 0.6 is 23.2 Å². The first kappa shape index (κ1) is 27.2. The van der Waals surface area contributed by atoms with E-state index in [9.17, 15) is 10.4 Å². The minimum absolute atomic E-state index is 0.228. The van der Waals surface area contributed by atoms with Crippen LogP contribution in [0, 0.1) is 18.3 Å². The molecule has 3 aromatic rings. The Hall–Kier alpha value is -2.85. The van der Waals surface area contributed by atoms with Crippen molar-refractivity contribution in [3.05, 3.63) is 99.0 Å². The summed E-state index contributed by atoms with van der Waals surface area (Å²) in [5.74, 6) is 0.673. The number of halogens is 2. The number of benzene rings is 3. The molecule has 192 valence electrons. The summed E-state index contributed by atoms with van der Waals surface area (Å²) in [7, 11) is 0. The number of ether oxygens (including phenoxy) is 1. The molecule has 0 aromatic heterocycles. The second kappa shape index (κ2) is 13.1. The molecule has 37 heavy (non-hydrogen) atoms. The molecule has 1 fully saturated rings. The number of β-amino-alcohol motifs (C(OH)–C–C–N with tert-alkyl or cyclic N) is 1. The van der Waals surface area contributed by atoms with Crippen molar-refractivity contribution in [1.82, 2.24) is 9.80 Å². The van der Waals surface area contributed by atoms with Crippen LogP contribution < -0.4 is 4.74 Å². The number of allylic oxidation sites excluding steroid dienone is 1. The van der Waals surface area contributed by atoms with Crippen molar-refractivity contribution in [2.75, 3.05) is 39.3 Å². The zero-order valence-corrected chi connectivity index (χ0v) is 22.4. The minimum atomic E-state index is -0.567. The predicted molar refractivity (Wildman–Crippen MR) is 151 cm³/mol. The standard InChI is InChI=1S/C30H31Cl2N3O2/c1-22-2-4-24(5-3-22)19-34-12-14-35(15-13-34)20-27(36)21-37-28-9-6-23(7-10-28)16-26(18-33)25-8-11-29(31)30(32)17-25/h2-11,16-17,27,36H,12-15,19-21H2,1H3/b26-16+. The number of piperazine rings is 1. The third-order valence-corrected chi connectivity index (χ3v) is 7.18. The van der Waals surface area contributed by atoms with E-state index in [1.807, 2.05) is 24.3 Å². The quantitative estimate of drug-likeness (QED) is 0.272. The molecule has 1 N–H and O–H groups in total. The van der Waals surface area contributed by atoms with Crippen molar-refractivity contribution in [1.29, 1.82) is 5.26 Å². The van der Waals surface area contributed by atoms with Crippen LogP contribution in [0.3, 0.4) is 0 Å². The largest absolute Gasteiger partial charge is 0.491 e. The number of hydrogen-bond donors (Lipinski definition) is 1. The van der Waals surface area contributed by atoms with Crippen molar-refractivity contribution in [3.8, 4) is 11.8 Å². The van der Waals surface area contributed by atoms with Gasteiger partial charge in [0.25, 0.3) is 0 Å². The van der Waals surface area contributed by atoms with Crippen molar-refractivity contribution in [2.24, 2.45) is 0 Å². The van der Waals surface area contributed by atoms with Gasteiger partial charge in [0, 0.05) is 39.3 Å². The van der Waals surface area contributed by atoms with Crippen LogP contribution in [0.5, 0.6) is 5.75 Å². The van der Waals surface area contributed by atoms with Gasteiger partial charge in [0.15, 0.2) is 0 Å². The fourth-order valence-corrected chi connectivity index (χ4v) is 4.59. The second-order valence-corrected chi connectivity index (χ2v) is 10.2. The highest BCUT2D eigenvalue weighted by molar-refractivity contribution is 6.42. The molecule has 0 radical (unpaired) electrons. The van der Waals surface area contributed by atoms with Gasteiger partial charge in [-0.2, -0.15) is 5.26 Å². The summed E-state index contributed by atoms with van der Waals surface area (Å²) in [6.45, 7) is 7.74. The fraction of sp³-hybridized carbons (Fsp3) is 0.300. The maximum Gasteiger partial charge on any atom is 0.119 e. The van der Waals surface area contributed by atoms with Crippen molar-refractivity contribution in [3.63, 3.8) is 0 Å². The number of hydrogen-bond acceptors (Lipinski definition) is 5. The Labute approximate surface area is 229 Å². The first-order valence-electron chi connectivity index (χ1n) is 12.4. The van der Waals surface area contributed by atoms with Gasteiger partial charge in [0.2, 0.25) is 0 Å². The average molecular weight is 537 g/mol.